The van der Waals surface area contributed by atoms with E-state index in [0.29, 0.717) is 0 Å². The molecule has 0 unspecified atom stereocenters. The van der Waals surface area contributed by atoms with Crippen molar-refractivity contribution in [2.24, 2.45) is 0 Å². The first-order valence-corrected chi connectivity index (χ1v) is 6.43. The van der Waals surface area contributed by atoms with Crippen molar-refractivity contribution in [3.05, 3.63) is 29.8 Å². The van der Waals surface area contributed by atoms with Crippen molar-refractivity contribution >= 4 is 17.4 Å². The van der Waals surface area contributed by atoms with Gasteiger partial charge in [-0.15, -0.1) is 0 Å². The van der Waals surface area contributed by atoms with E-state index in [1.807, 2.05) is 6.26 Å². The van der Waals surface area contributed by atoms with Crippen LogP contribution < -0.4 is 4.90 Å². The van der Waals surface area contributed by atoms with Crippen molar-refractivity contribution in [3.63, 3.8) is 0 Å². The summed E-state index contributed by atoms with van der Waals surface area (Å²) >= 11 is 1.54. The molecule has 0 aliphatic heterocycles. The van der Waals surface area contributed by atoms with Gasteiger partial charge < -0.3 is 4.90 Å². The molecule has 80 valence electrons. The number of hydrogen-bond acceptors (Lipinski definition) is 2. The van der Waals surface area contributed by atoms with Gasteiger partial charge >= 0.3 is 0 Å². The number of anilines is 1. The summed E-state index contributed by atoms with van der Waals surface area (Å²) in [5.74, 6) is 3.09. The van der Waals surface area contributed by atoms with E-state index in [4.69, 9.17) is 0 Å². The van der Waals surface area contributed by atoms with E-state index in [0.717, 1.165) is 18.7 Å². The Morgan fingerprint density at radius 1 is 1.13 bits per heavy atom. The second-order valence-electron chi connectivity index (χ2n) is 3.15. The quantitative estimate of drug-likeness (QED) is 0.718. The molecule has 1 aromatic rings. The minimum Gasteiger partial charge on any atom is -0.372 e. The predicted molar refractivity (Wildman–Crippen MR) is 70.4 cm³/mol. The third-order valence-corrected chi connectivity index (χ3v) is 2.60. The van der Waals surface area contributed by atoms with E-state index in [9.17, 15) is 0 Å². The Labute approximate surface area is 96.9 Å². The van der Waals surface area contributed by atoms with Crippen LogP contribution in [-0.4, -0.2) is 19.3 Å². The minimum absolute atomic E-state index is 1.05. The maximum atomic E-state index is 3.09. The van der Waals surface area contributed by atoms with Gasteiger partial charge in [-0.3, -0.25) is 0 Å². The molecule has 0 amide bonds. The molecule has 0 fully saturated rings. The lowest BCUT2D eigenvalue weighted by Crippen LogP contribution is -2.21. The normalized spacial score (nSPS) is 9.27. The molecule has 0 aliphatic rings. The van der Waals surface area contributed by atoms with Crippen molar-refractivity contribution in [2.45, 2.75) is 13.8 Å². The summed E-state index contributed by atoms with van der Waals surface area (Å²) < 4.78 is 0. The Balaban J connectivity index is 2.79. The van der Waals surface area contributed by atoms with Gasteiger partial charge in [-0.2, -0.15) is 0 Å². The number of nitrogens with zero attached hydrogens (tertiary/aromatic N) is 1. The molecule has 0 bridgehead atoms. The van der Waals surface area contributed by atoms with Crippen LogP contribution in [0.1, 0.15) is 19.4 Å². The van der Waals surface area contributed by atoms with E-state index < -0.39 is 0 Å². The van der Waals surface area contributed by atoms with Gasteiger partial charge in [0.05, 0.1) is 0 Å². The molecular formula is C13H17NS. The average Bonchev–Trinajstić information content (AvgIpc) is 2.29. The van der Waals surface area contributed by atoms with Gasteiger partial charge in [0.25, 0.3) is 0 Å². The van der Waals surface area contributed by atoms with E-state index in [1.54, 1.807) is 11.8 Å². The Hall–Kier alpha value is -1.07. The smallest absolute Gasteiger partial charge is 0.0366 e. The molecule has 1 nitrogen and oxygen atoms in total. The predicted octanol–water partition coefficient (Wildman–Crippen LogP) is 3.20. The molecule has 0 aliphatic carbocycles. The third-order valence-electron chi connectivity index (χ3n) is 2.29. The van der Waals surface area contributed by atoms with Gasteiger partial charge in [-0.25, -0.2) is 0 Å². The highest BCUT2D eigenvalue weighted by molar-refractivity contribution is 8.03. The van der Waals surface area contributed by atoms with E-state index in [1.165, 1.54) is 5.69 Å². The second kappa shape index (κ2) is 6.42. The van der Waals surface area contributed by atoms with Gasteiger partial charge in [0.2, 0.25) is 0 Å². The van der Waals surface area contributed by atoms with Crippen LogP contribution in [-0.2, 0) is 0 Å². The van der Waals surface area contributed by atoms with Crippen molar-refractivity contribution < 1.29 is 0 Å². The first-order valence-electron chi connectivity index (χ1n) is 5.20. The highest BCUT2D eigenvalue weighted by Crippen LogP contribution is 2.14. The number of thioether (sulfide) groups is 1. The first-order chi connectivity index (χ1) is 7.31. The molecule has 2 heteroatoms. The largest absolute Gasteiger partial charge is 0.372 e. The summed E-state index contributed by atoms with van der Waals surface area (Å²) in [6.45, 7) is 6.44. The molecule has 0 atom stereocenters. The Morgan fingerprint density at radius 3 is 2.20 bits per heavy atom. The van der Waals surface area contributed by atoms with E-state index in [2.05, 4.69) is 54.2 Å². The lowest BCUT2D eigenvalue weighted by atomic mass is 10.2. The van der Waals surface area contributed by atoms with Gasteiger partial charge in [0, 0.05) is 24.3 Å². The maximum Gasteiger partial charge on any atom is 0.0366 e. The Morgan fingerprint density at radius 2 is 1.73 bits per heavy atom. The third kappa shape index (κ3) is 3.53. The van der Waals surface area contributed by atoms with Crippen LogP contribution in [0.5, 0.6) is 0 Å². The molecule has 1 rings (SSSR count). The highest BCUT2D eigenvalue weighted by Gasteiger charge is 1.99. The van der Waals surface area contributed by atoms with Crippen molar-refractivity contribution in [2.75, 3.05) is 24.2 Å². The highest BCUT2D eigenvalue weighted by atomic mass is 32.2. The lowest BCUT2D eigenvalue weighted by Gasteiger charge is -2.20. The fourth-order valence-electron chi connectivity index (χ4n) is 1.45. The van der Waals surface area contributed by atoms with E-state index in [-0.39, 0.29) is 0 Å². The zero-order chi connectivity index (χ0) is 11.1. The molecule has 0 radical (unpaired) electrons. The van der Waals surface area contributed by atoms with Crippen LogP contribution in [0.4, 0.5) is 5.69 Å². The monoisotopic (exact) mass is 219 g/mol. The maximum absolute atomic E-state index is 3.09. The average molecular weight is 219 g/mol. The minimum atomic E-state index is 1.05. The SMILES string of the molecule is CCN(CC)c1ccc(C#CSC)cc1. The molecule has 0 N–H and O–H groups in total. The zero-order valence-corrected chi connectivity index (χ0v) is 10.4. The summed E-state index contributed by atoms with van der Waals surface area (Å²) in [6.07, 6.45) is 1.98. The first kappa shape index (κ1) is 12.0. The molecule has 1 aromatic carbocycles. The second-order valence-corrected chi connectivity index (χ2v) is 3.76. The standard InChI is InChI=1S/C13H17NS/c1-4-14(5-2)13-8-6-12(7-9-13)10-11-15-3/h6-9H,4-5H2,1-3H3. The molecular weight excluding hydrogens is 202 g/mol. The van der Waals surface area contributed by atoms with E-state index >= 15 is 0 Å². The number of hydrogen-bond donors (Lipinski definition) is 0. The Kier molecular flexibility index (Phi) is 5.14. The number of benzene rings is 1. The molecule has 0 saturated heterocycles. The van der Waals surface area contributed by atoms with Crippen molar-refractivity contribution in [1.82, 2.24) is 0 Å². The van der Waals surface area contributed by atoms with Gasteiger partial charge in [-0.1, -0.05) is 17.7 Å². The molecule has 0 heterocycles. The summed E-state index contributed by atoms with van der Waals surface area (Å²) in [7, 11) is 0. The van der Waals surface area contributed by atoms with Crippen LogP contribution in [0, 0.1) is 11.2 Å². The lowest BCUT2D eigenvalue weighted by molar-refractivity contribution is 0.866. The van der Waals surface area contributed by atoms with Crippen molar-refractivity contribution in [1.29, 1.82) is 0 Å². The molecule has 15 heavy (non-hydrogen) atoms. The van der Waals surface area contributed by atoms with Crippen LogP contribution in [0.25, 0.3) is 0 Å². The van der Waals surface area contributed by atoms with Gasteiger partial charge in [-0.05, 0) is 49.6 Å². The topological polar surface area (TPSA) is 3.24 Å². The Bertz CT molecular complexity index is 341. The van der Waals surface area contributed by atoms with Crippen LogP contribution >= 0.6 is 11.8 Å². The summed E-state index contributed by atoms with van der Waals surface area (Å²) in [6, 6.07) is 8.43. The van der Waals surface area contributed by atoms with Crippen LogP contribution in [0.15, 0.2) is 24.3 Å². The summed E-state index contributed by atoms with van der Waals surface area (Å²) in [5, 5.41) is 2.99. The van der Waals surface area contributed by atoms with Crippen LogP contribution in [0.2, 0.25) is 0 Å². The fraction of sp³-hybridized carbons (Fsp3) is 0.385. The summed E-state index contributed by atoms with van der Waals surface area (Å²) in [5.41, 5.74) is 2.36. The number of rotatable bonds is 3. The van der Waals surface area contributed by atoms with Gasteiger partial charge in [0.15, 0.2) is 0 Å². The molecule has 0 saturated carbocycles. The summed E-state index contributed by atoms with van der Waals surface area (Å²) in [4.78, 5) is 2.33. The fourth-order valence-corrected chi connectivity index (χ4v) is 1.67. The van der Waals surface area contributed by atoms with Crippen LogP contribution in [0.3, 0.4) is 0 Å². The molecule has 0 spiro atoms. The zero-order valence-electron chi connectivity index (χ0n) is 9.58. The molecule has 0 aromatic heterocycles. The van der Waals surface area contributed by atoms with Gasteiger partial charge in [0.1, 0.15) is 0 Å². The van der Waals surface area contributed by atoms with Crippen molar-refractivity contribution in [3.8, 4) is 11.2 Å².